The van der Waals surface area contributed by atoms with Crippen LogP contribution in [0, 0.1) is 5.92 Å². The summed E-state index contributed by atoms with van der Waals surface area (Å²) in [7, 11) is 0. The molecule has 18 heavy (non-hydrogen) atoms. The Kier molecular flexibility index (Phi) is 2.55. The van der Waals surface area contributed by atoms with E-state index in [1.807, 2.05) is 0 Å². The number of nitrogens with zero attached hydrogens (tertiary/aromatic N) is 1. The number of fused-ring (bicyclic) bond motifs is 1. The second-order valence-corrected chi connectivity index (χ2v) is 4.70. The summed E-state index contributed by atoms with van der Waals surface area (Å²) in [5, 5.41) is 0. The first-order valence-electron chi connectivity index (χ1n) is 5.95. The Hall–Kier alpha value is -1.89. The SMILES string of the molecule is CC1COCCC1c1nc2[nH]c(=O)[nH]c(=O)c2[nH]1. The second kappa shape index (κ2) is 4.09. The van der Waals surface area contributed by atoms with Gasteiger partial charge in [-0.25, -0.2) is 9.78 Å². The molecule has 2 unspecified atom stereocenters. The molecular formula is C11H14N4O3. The Labute approximate surface area is 102 Å². The van der Waals surface area contributed by atoms with Gasteiger partial charge in [0, 0.05) is 19.1 Å². The fourth-order valence-corrected chi connectivity index (χ4v) is 2.41. The predicted octanol–water partition coefficient (Wildman–Crippen LogP) is 0.0795. The van der Waals surface area contributed by atoms with Crippen molar-refractivity contribution in [2.45, 2.75) is 19.3 Å². The molecule has 1 fully saturated rings. The molecule has 0 spiro atoms. The van der Waals surface area contributed by atoms with Crippen molar-refractivity contribution in [3.05, 3.63) is 26.7 Å². The Morgan fingerprint density at radius 1 is 1.28 bits per heavy atom. The molecule has 2 aromatic rings. The van der Waals surface area contributed by atoms with Crippen molar-refractivity contribution in [1.29, 1.82) is 0 Å². The highest BCUT2D eigenvalue weighted by atomic mass is 16.5. The van der Waals surface area contributed by atoms with Gasteiger partial charge in [-0.3, -0.25) is 14.8 Å². The highest BCUT2D eigenvalue weighted by molar-refractivity contribution is 5.68. The number of nitrogens with one attached hydrogen (secondary N) is 3. The van der Waals surface area contributed by atoms with E-state index in [0.29, 0.717) is 30.3 Å². The molecule has 1 aliphatic rings. The largest absolute Gasteiger partial charge is 0.381 e. The lowest BCUT2D eigenvalue weighted by atomic mass is 9.89. The third-order valence-electron chi connectivity index (χ3n) is 3.40. The van der Waals surface area contributed by atoms with Crippen LogP contribution in [0.2, 0.25) is 0 Å². The average Bonchev–Trinajstić information content (AvgIpc) is 2.73. The highest BCUT2D eigenvalue weighted by Crippen LogP contribution is 2.30. The smallest absolute Gasteiger partial charge is 0.327 e. The minimum Gasteiger partial charge on any atom is -0.381 e. The molecule has 3 heterocycles. The number of H-pyrrole nitrogens is 3. The second-order valence-electron chi connectivity index (χ2n) is 4.70. The summed E-state index contributed by atoms with van der Waals surface area (Å²) in [4.78, 5) is 34.8. The van der Waals surface area contributed by atoms with Crippen LogP contribution >= 0.6 is 0 Å². The van der Waals surface area contributed by atoms with Crippen molar-refractivity contribution in [3.63, 3.8) is 0 Å². The van der Waals surface area contributed by atoms with E-state index in [4.69, 9.17) is 4.74 Å². The lowest BCUT2D eigenvalue weighted by molar-refractivity contribution is 0.0455. The van der Waals surface area contributed by atoms with E-state index >= 15 is 0 Å². The number of aromatic nitrogens is 4. The number of hydrogen-bond acceptors (Lipinski definition) is 4. The standard InChI is InChI=1S/C11H14N4O3/c1-5-4-18-3-2-6(5)8-12-7-9(13-8)14-11(17)15-10(7)16/h5-6H,2-4H2,1H3,(H3,12,13,14,15,16,17). The molecule has 3 rings (SSSR count). The number of hydrogen-bond donors (Lipinski definition) is 3. The minimum absolute atomic E-state index is 0.231. The molecule has 7 heteroatoms. The predicted molar refractivity (Wildman–Crippen MR) is 64.7 cm³/mol. The molecule has 2 atom stereocenters. The summed E-state index contributed by atoms with van der Waals surface area (Å²) in [6, 6.07) is 0. The summed E-state index contributed by atoms with van der Waals surface area (Å²) in [6.07, 6.45) is 0.864. The van der Waals surface area contributed by atoms with Gasteiger partial charge in [0.2, 0.25) is 0 Å². The summed E-state index contributed by atoms with van der Waals surface area (Å²) in [6.45, 7) is 3.47. The van der Waals surface area contributed by atoms with E-state index in [2.05, 4.69) is 26.9 Å². The summed E-state index contributed by atoms with van der Waals surface area (Å²) < 4.78 is 5.38. The molecule has 96 valence electrons. The van der Waals surface area contributed by atoms with Crippen LogP contribution in [-0.2, 0) is 4.74 Å². The minimum atomic E-state index is -0.537. The first kappa shape index (κ1) is 11.2. The number of rotatable bonds is 1. The maximum absolute atomic E-state index is 11.6. The van der Waals surface area contributed by atoms with Crippen LogP contribution in [0.15, 0.2) is 9.59 Å². The molecule has 0 aromatic carbocycles. The molecule has 0 saturated carbocycles. The first-order chi connectivity index (χ1) is 8.65. The highest BCUT2D eigenvalue weighted by Gasteiger charge is 2.26. The van der Waals surface area contributed by atoms with Gasteiger partial charge in [-0.05, 0) is 12.3 Å². The van der Waals surface area contributed by atoms with Gasteiger partial charge in [-0.15, -0.1) is 0 Å². The zero-order valence-corrected chi connectivity index (χ0v) is 9.95. The van der Waals surface area contributed by atoms with Crippen LogP contribution in [0.1, 0.15) is 25.1 Å². The molecular weight excluding hydrogens is 236 g/mol. The van der Waals surface area contributed by atoms with Crippen LogP contribution in [0.4, 0.5) is 0 Å². The van der Waals surface area contributed by atoms with Crippen molar-refractivity contribution in [2.75, 3.05) is 13.2 Å². The number of ether oxygens (including phenoxy) is 1. The average molecular weight is 250 g/mol. The number of aromatic amines is 3. The Bertz CT molecular complexity index is 683. The Morgan fingerprint density at radius 3 is 2.89 bits per heavy atom. The fraction of sp³-hybridized carbons (Fsp3) is 0.545. The molecule has 0 amide bonds. The van der Waals surface area contributed by atoms with Gasteiger partial charge in [-0.1, -0.05) is 6.92 Å². The summed E-state index contributed by atoms with van der Waals surface area (Å²) in [5.41, 5.74) is -0.335. The van der Waals surface area contributed by atoms with E-state index in [-0.39, 0.29) is 5.92 Å². The summed E-state index contributed by atoms with van der Waals surface area (Å²) >= 11 is 0. The van der Waals surface area contributed by atoms with Gasteiger partial charge in [0.25, 0.3) is 5.56 Å². The maximum atomic E-state index is 11.6. The van der Waals surface area contributed by atoms with Gasteiger partial charge < -0.3 is 9.72 Å². The quantitative estimate of drug-likeness (QED) is 0.666. The van der Waals surface area contributed by atoms with Crippen molar-refractivity contribution in [2.24, 2.45) is 5.92 Å². The molecule has 3 N–H and O–H groups in total. The third-order valence-corrected chi connectivity index (χ3v) is 3.40. The van der Waals surface area contributed by atoms with Gasteiger partial charge in [-0.2, -0.15) is 0 Å². The van der Waals surface area contributed by atoms with Crippen molar-refractivity contribution in [3.8, 4) is 0 Å². The van der Waals surface area contributed by atoms with Crippen molar-refractivity contribution in [1.82, 2.24) is 19.9 Å². The fourth-order valence-electron chi connectivity index (χ4n) is 2.41. The summed E-state index contributed by atoms with van der Waals surface area (Å²) in [5.74, 6) is 1.31. The van der Waals surface area contributed by atoms with E-state index in [1.54, 1.807) is 0 Å². The first-order valence-corrected chi connectivity index (χ1v) is 5.95. The third kappa shape index (κ3) is 1.76. The zero-order chi connectivity index (χ0) is 12.7. The van der Waals surface area contributed by atoms with Crippen LogP contribution in [-0.4, -0.2) is 33.1 Å². The maximum Gasteiger partial charge on any atom is 0.327 e. The molecule has 1 saturated heterocycles. The van der Waals surface area contributed by atoms with Crippen LogP contribution in [0.3, 0.4) is 0 Å². The lowest BCUT2D eigenvalue weighted by Gasteiger charge is -2.26. The number of imidazole rings is 1. The van der Waals surface area contributed by atoms with E-state index in [1.165, 1.54) is 0 Å². The molecule has 7 nitrogen and oxygen atoms in total. The molecule has 1 aliphatic heterocycles. The van der Waals surface area contributed by atoms with E-state index in [0.717, 1.165) is 12.2 Å². The Morgan fingerprint density at radius 2 is 2.11 bits per heavy atom. The van der Waals surface area contributed by atoms with Gasteiger partial charge in [0.1, 0.15) is 11.3 Å². The topological polar surface area (TPSA) is 104 Å². The normalized spacial score (nSPS) is 24.5. The van der Waals surface area contributed by atoms with Gasteiger partial charge >= 0.3 is 5.69 Å². The van der Waals surface area contributed by atoms with Crippen LogP contribution in [0.5, 0.6) is 0 Å². The molecule has 0 aliphatic carbocycles. The van der Waals surface area contributed by atoms with E-state index in [9.17, 15) is 9.59 Å². The van der Waals surface area contributed by atoms with Gasteiger partial charge in [0.15, 0.2) is 5.65 Å². The van der Waals surface area contributed by atoms with Crippen molar-refractivity contribution < 1.29 is 4.74 Å². The van der Waals surface area contributed by atoms with Gasteiger partial charge in [0.05, 0.1) is 0 Å². The Balaban J connectivity index is 2.10. The van der Waals surface area contributed by atoms with Crippen LogP contribution in [0.25, 0.3) is 11.2 Å². The molecule has 0 radical (unpaired) electrons. The molecule has 2 aromatic heterocycles. The van der Waals surface area contributed by atoms with Crippen molar-refractivity contribution >= 4 is 11.2 Å². The molecule has 0 bridgehead atoms. The lowest BCUT2D eigenvalue weighted by Crippen LogP contribution is -2.24. The van der Waals surface area contributed by atoms with Crippen LogP contribution < -0.4 is 11.2 Å². The zero-order valence-electron chi connectivity index (χ0n) is 9.95. The monoisotopic (exact) mass is 250 g/mol. The van der Waals surface area contributed by atoms with E-state index < -0.39 is 11.2 Å².